The minimum absolute atomic E-state index is 0.151. The van der Waals surface area contributed by atoms with Crippen LogP contribution >= 0.6 is 0 Å². The van der Waals surface area contributed by atoms with Gasteiger partial charge in [-0.3, -0.25) is 0 Å². The first kappa shape index (κ1) is 11.1. The van der Waals surface area contributed by atoms with Gasteiger partial charge in [0.15, 0.2) is 0 Å². The first-order valence-corrected chi connectivity index (χ1v) is 4.60. The molecule has 0 amide bonds. The summed E-state index contributed by atoms with van der Waals surface area (Å²) >= 11 is 0. The fourth-order valence-corrected chi connectivity index (χ4v) is 1.46. The lowest BCUT2D eigenvalue weighted by Crippen LogP contribution is -2.47. The minimum atomic E-state index is -1.09. The molecule has 0 saturated carbocycles. The van der Waals surface area contributed by atoms with Gasteiger partial charge in [0.05, 0.1) is 11.9 Å². The van der Waals surface area contributed by atoms with Gasteiger partial charge in [-0.2, -0.15) is 0 Å². The largest absolute Gasteiger partial charge is 0.382 e. The Balaban J connectivity index is 3.22. The molecular formula is C9H18N4O. The van der Waals surface area contributed by atoms with Gasteiger partial charge >= 0.3 is 0 Å². The number of rotatable bonds is 2. The van der Waals surface area contributed by atoms with Crippen molar-refractivity contribution in [1.29, 1.82) is 0 Å². The van der Waals surface area contributed by atoms with Crippen LogP contribution in [0.15, 0.2) is 6.20 Å². The van der Waals surface area contributed by atoms with Gasteiger partial charge in [0.2, 0.25) is 0 Å². The van der Waals surface area contributed by atoms with E-state index in [2.05, 4.69) is 10.3 Å². The molecular weight excluding hydrogens is 180 g/mol. The molecule has 14 heavy (non-hydrogen) atoms. The smallest absolute Gasteiger partial charge is 0.125 e. The number of aryl methyl sites for hydroxylation is 1. The second kappa shape index (κ2) is 3.33. The number of aliphatic hydroxyl groups is 1. The first-order chi connectivity index (χ1) is 6.33. The highest BCUT2D eigenvalue weighted by Crippen LogP contribution is 2.37. The number of hydrogen-bond acceptors (Lipinski definition) is 4. The van der Waals surface area contributed by atoms with Crippen LogP contribution in [-0.4, -0.2) is 26.6 Å². The molecule has 5 heteroatoms. The molecule has 1 unspecified atom stereocenters. The molecule has 0 aliphatic carbocycles. The van der Waals surface area contributed by atoms with Crippen molar-refractivity contribution in [3.8, 4) is 0 Å². The lowest BCUT2D eigenvalue weighted by atomic mass is 9.74. The van der Waals surface area contributed by atoms with Crippen molar-refractivity contribution in [2.45, 2.75) is 26.4 Å². The Bertz CT molecular complexity index is 315. The van der Waals surface area contributed by atoms with Gasteiger partial charge in [-0.05, 0) is 5.41 Å². The molecule has 0 spiro atoms. The average molecular weight is 198 g/mol. The summed E-state index contributed by atoms with van der Waals surface area (Å²) in [6.45, 7) is 5.96. The van der Waals surface area contributed by atoms with Gasteiger partial charge in [0, 0.05) is 13.6 Å². The highest BCUT2D eigenvalue weighted by molar-refractivity contribution is 5.13. The highest BCUT2D eigenvalue weighted by Gasteiger charge is 2.42. The molecule has 0 aromatic carbocycles. The van der Waals surface area contributed by atoms with Gasteiger partial charge in [0.1, 0.15) is 5.60 Å². The van der Waals surface area contributed by atoms with Crippen molar-refractivity contribution in [3.05, 3.63) is 11.9 Å². The van der Waals surface area contributed by atoms with Crippen LogP contribution in [0.25, 0.3) is 0 Å². The third-order valence-corrected chi connectivity index (χ3v) is 2.67. The van der Waals surface area contributed by atoms with Gasteiger partial charge in [-0.15, -0.1) is 5.10 Å². The fraction of sp³-hybridized carbons (Fsp3) is 0.778. The van der Waals surface area contributed by atoms with Crippen LogP contribution in [0.5, 0.6) is 0 Å². The molecule has 0 bridgehead atoms. The van der Waals surface area contributed by atoms with E-state index in [1.54, 1.807) is 17.9 Å². The van der Waals surface area contributed by atoms with Crippen LogP contribution in [0, 0.1) is 5.41 Å². The second-order valence-electron chi connectivity index (χ2n) is 4.56. The summed E-state index contributed by atoms with van der Waals surface area (Å²) in [6, 6.07) is 0. The summed E-state index contributed by atoms with van der Waals surface area (Å²) in [5, 5.41) is 18.0. The maximum absolute atomic E-state index is 10.5. The summed E-state index contributed by atoms with van der Waals surface area (Å²) < 4.78 is 1.55. The van der Waals surface area contributed by atoms with Gasteiger partial charge in [-0.25, -0.2) is 4.68 Å². The topological polar surface area (TPSA) is 77.0 Å². The molecule has 3 N–H and O–H groups in total. The summed E-state index contributed by atoms with van der Waals surface area (Å²) in [5.74, 6) is 0. The zero-order valence-corrected chi connectivity index (χ0v) is 9.15. The molecule has 0 fully saturated rings. The van der Waals surface area contributed by atoms with Crippen molar-refractivity contribution in [3.63, 3.8) is 0 Å². The van der Waals surface area contributed by atoms with Crippen LogP contribution in [0.4, 0.5) is 0 Å². The maximum Gasteiger partial charge on any atom is 0.125 e. The van der Waals surface area contributed by atoms with Crippen LogP contribution in [-0.2, 0) is 12.6 Å². The third-order valence-electron chi connectivity index (χ3n) is 2.67. The Hall–Kier alpha value is -0.940. The number of hydrogen-bond donors (Lipinski definition) is 2. The summed E-state index contributed by atoms with van der Waals surface area (Å²) in [5.41, 5.74) is 4.84. The van der Waals surface area contributed by atoms with E-state index in [4.69, 9.17) is 5.73 Å². The van der Waals surface area contributed by atoms with E-state index < -0.39 is 5.60 Å². The molecule has 1 aromatic rings. The van der Waals surface area contributed by atoms with Crippen molar-refractivity contribution in [2.75, 3.05) is 6.54 Å². The van der Waals surface area contributed by atoms with Crippen molar-refractivity contribution < 1.29 is 5.11 Å². The highest BCUT2D eigenvalue weighted by atomic mass is 16.3. The van der Waals surface area contributed by atoms with E-state index in [-0.39, 0.29) is 12.0 Å². The monoisotopic (exact) mass is 198 g/mol. The van der Waals surface area contributed by atoms with Crippen LogP contribution in [0.2, 0.25) is 0 Å². The van der Waals surface area contributed by atoms with Crippen molar-refractivity contribution >= 4 is 0 Å². The Morgan fingerprint density at radius 2 is 2.07 bits per heavy atom. The summed E-state index contributed by atoms with van der Waals surface area (Å²) in [7, 11) is 1.74. The number of aromatic nitrogens is 3. The maximum atomic E-state index is 10.5. The Kier molecular flexibility index (Phi) is 2.65. The van der Waals surface area contributed by atoms with E-state index in [1.807, 2.05) is 20.8 Å². The van der Waals surface area contributed by atoms with Crippen LogP contribution < -0.4 is 5.73 Å². The van der Waals surface area contributed by atoms with E-state index >= 15 is 0 Å². The molecule has 1 heterocycles. The quantitative estimate of drug-likeness (QED) is 0.701. The van der Waals surface area contributed by atoms with Crippen LogP contribution in [0.3, 0.4) is 0 Å². The first-order valence-electron chi connectivity index (χ1n) is 4.60. The Morgan fingerprint density at radius 1 is 1.50 bits per heavy atom. The minimum Gasteiger partial charge on any atom is -0.382 e. The zero-order valence-electron chi connectivity index (χ0n) is 9.15. The summed E-state index contributed by atoms with van der Waals surface area (Å²) in [4.78, 5) is 0. The summed E-state index contributed by atoms with van der Waals surface area (Å²) in [6.07, 6.45) is 1.55. The fourth-order valence-electron chi connectivity index (χ4n) is 1.46. The molecule has 1 rings (SSSR count). The molecule has 5 nitrogen and oxygen atoms in total. The number of nitrogens with zero attached hydrogens (tertiary/aromatic N) is 3. The Labute approximate surface area is 83.9 Å². The zero-order chi connectivity index (χ0) is 11.0. The van der Waals surface area contributed by atoms with Gasteiger partial charge in [-0.1, -0.05) is 26.0 Å². The average Bonchev–Trinajstić information content (AvgIpc) is 2.48. The lowest BCUT2D eigenvalue weighted by Gasteiger charge is -2.38. The lowest BCUT2D eigenvalue weighted by molar-refractivity contribution is -0.0620. The normalized spacial score (nSPS) is 16.7. The van der Waals surface area contributed by atoms with Crippen LogP contribution in [0.1, 0.15) is 26.5 Å². The molecule has 1 aromatic heterocycles. The predicted molar refractivity (Wildman–Crippen MR) is 53.4 cm³/mol. The molecule has 0 aliphatic rings. The van der Waals surface area contributed by atoms with E-state index in [0.717, 1.165) is 0 Å². The molecule has 0 saturated heterocycles. The molecule has 1 atom stereocenters. The van der Waals surface area contributed by atoms with E-state index in [9.17, 15) is 5.11 Å². The van der Waals surface area contributed by atoms with Gasteiger partial charge < -0.3 is 10.8 Å². The Morgan fingerprint density at radius 3 is 2.36 bits per heavy atom. The second-order valence-corrected chi connectivity index (χ2v) is 4.56. The predicted octanol–water partition coefficient (Wildman–Crippen LogP) is 0.00750. The van der Waals surface area contributed by atoms with E-state index in [0.29, 0.717) is 5.69 Å². The van der Waals surface area contributed by atoms with Crippen molar-refractivity contribution in [1.82, 2.24) is 15.0 Å². The third kappa shape index (κ3) is 1.53. The van der Waals surface area contributed by atoms with E-state index in [1.165, 1.54) is 0 Å². The molecule has 0 aliphatic heterocycles. The van der Waals surface area contributed by atoms with Gasteiger partial charge in [0.25, 0.3) is 0 Å². The standard InChI is InChI=1S/C9H18N4O/c1-8(2,3)9(14,6-10)7-5-11-12-13(7)4/h5,14H,6,10H2,1-4H3. The molecule has 80 valence electrons. The SMILES string of the molecule is Cn1nncc1C(O)(CN)C(C)(C)C. The van der Waals surface area contributed by atoms with Crippen molar-refractivity contribution in [2.24, 2.45) is 18.2 Å². The molecule has 0 radical (unpaired) electrons. The number of nitrogens with two attached hydrogens (primary N) is 1.